The van der Waals surface area contributed by atoms with E-state index in [9.17, 15) is 4.79 Å². The molecule has 0 spiro atoms. The first-order valence-electron chi connectivity index (χ1n) is 7.00. The van der Waals surface area contributed by atoms with Crippen LogP contribution in [0.3, 0.4) is 0 Å². The van der Waals surface area contributed by atoms with Gasteiger partial charge in [-0.1, -0.05) is 6.92 Å². The normalized spacial score (nSPS) is 19.4. The van der Waals surface area contributed by atoms with E-state index in [4.69, 9.17) is 0 Å². The quantitative estimate of drug-likeness (QED) is 0.771. The van der Waals surface area contributed by atoms with Crippen molar-refractivity contribution < 1.29 is 4.79 Å². The average molecular weight is 241 g/mol. The smallest absolute Gasteiger partial charge is 0.320 e. The van der Waals surface area contributed by atoms with E-state index >= 15 is 0 Å². The number of hydrogen-bond donors (Lipinski definition) is 1. The third-order valence-electron chi connectivity index (χ3n) is 3.40. The zero-order chi connectivity index (χ0) is 12.7. The molecule has 1 aliphatic heterocycles. The summed E-state index contributed by atoms with van der Waals surface area (Å²) in [5, 5.41) is 3.46. The molecule has 1 saturated heterocycles. The van der Waals surface area contributed by atoms with Crippen LogP contribution in [0.1, 0.15) is 40.0 Å². The summed E-state index contributed by atoms with van der Waals surface area (Å²) in [6, 6.07) is 0.701. The molecule has 1 atom stereocenters. The Hall–Kier alpha value is -0.770. The van der Waals surface area contributed by atoms with Crippen LogP contribution in [0.5, 0.6) is 0 Å². The van der Waals surface area contributed by atoms with Gasteiger partial charge in [-0.05, 0) is 39.7 Å². The topological polar surface area (TPSA) is 35.6 Å². The highest BCUT2D eigenvalue weighted by Crippen LogP contribution is 2.09. The number of carbonyl (C=O) groups is 1. The second kappa shape index (κ2) is 7.54. The van der Waals surface area contributed by atoms with Crippen molar-refractivity contribution in [1.82, 2.24) is 15.1 Å². The lowest BCUT2D eigenvalue weighted by molar-refractivity contribution is 0.153. The van der Waals surface area contributed by atoms with Crippen LogP contribution in [-0.4, -0.2) is 54.6 Å². The molecular weight excluding hydrogens is 214 g/mol. The highest BCUT2D eigenvalue weighted by Gasteiger charge is 2.23. The Bertz CT molecular complexity index is 223. The van der Waals surface area contributed by atoms with E-state index in [-0.39, 0.29) is 6.03 Å². The minimum atomic E-state index is 0.200. The summed E-state index contributed by atoms with van der Waals surface area (Å²) in [6.45, 7) is 10.6. The summed E-state index contributed by atoms with van der Waals surface area (Å²) in [6.07, 6.45) is 3.47. The van der Waals surface area contributed by atoms with Gasteiger partial charge in [-0.15, -0.1) is 0 Å². The molecule has 1 unspecified atom stereocenters. The molecule has 17 heavy (non-hydrogen) atoms. The van der Waals surface area contributed by atoms with Gasteiger partial charge in [0.15, 0.2) is 0 Å². The van der Waals surface area contributed by atoms with E-state index < -0.39 is 0 Å². The number of amides is 2. The van der Waals surface area contributed by atoms with Crippen molar-refractivity contribution in [3.63, 3.8) is 0 Å². The number of nitrogens with zero attached hydrogens (tertiary/aromatic N) is 2. The van der Waals surface area contributed by atoms with Gasteiger partial charge in [0, 0.05) is 32.2 Å². The summed E-state index contributed by atoms with van der Waals surface area (Å²) in [5.74, 6) is 0. The summed E-state index contributed by atoms with van der Waals surface area (Å²) < 4.78 is 0. The lowest BCUT2D eigenvalue weighted by Crippen LogP contribution is -2.48. The van der Waals surface area contributed by atoms with Crippen molar-refractivity contribution >= 4 is 6.03 Å². The molecule has 1 fully saturated rings. The predicted molar refractivity (Wildman–Crippen MR) is 71.2 cm³/mol. The van der Waals surface area contributed by atoms with Crippen molar-refractivity contribution in [3.05, 3.63) is 0 Å². The molecule has 4 nitrogen and oxygen atoms in total. The van der Waals surface area contributed by atoms with Gasteiger partial charge in [-0.3, -0.25) is 0 Å². The van der Waals surface area contributed by atoms with E-state index in [0.29, 0.717) is 6.04 Å². The molecule has 100 valence electrons. The monoisotopic (exact) mass is 241 g/mol. The summed E-state index contributed by atoms with van der Waals surface area (Å²) in [5.41, 5.74) is 0. The van der Waals surface area contributed by atoms with Crippen LogP contribution in [0.25, 0.3) is 0 Å². The Morgan fingerprint density at radius 2 is 1.94 bits per heavy atom. The number of carbonyl (C=O) groups excluding carboxylic acids is 1. The maximum absolute atomic E-state index is 12.3. The molecule has 1 N–H and O–H groups in total. The Morgan fingerprint density at radius 1 is 1.24 bits per heavy atom. The van der Waals surface area contributed by atoms with Crippen molar-refractivity contribution in [2.24, 2.45) is 0 Å². The van der Waals surface area contributed by atoms with Crippen molar-refractivity contribution in [2.75, 3.05) is 32.7 Å². The minimum absolute atomic E-state index is 0.200. The van der Waals surface area contributed by atoms with Crippen LogP contribution < -0.4 is 5.32 Å². The Balaban J connectivity index is 2.53. The van der Waals surface area contributed by atoms with E-state index in [1.807, 2.05) is 23.6 Å². The summed E-state index contributed by atoms with van der Waals surface area (Å²) >= 11 is 0. The molecule has 0 aromatic heterocycles. The Labute approximate surface area is 105 Å². The lowest BCUT2D eigenvalue weighted by Gasteiger charge is -2.31. The molecule has 4 heteroatoms. The summed E-state index contributed by atoms with van der Waals surface area (Å²) in [7, 11) is 0. The summed E-state index contributed by atoms with van der Waals surface area (Å²) in [4.78, 5) is 16.2. The van der Waals surface area contributed by atoms with Gasteiger partial charge in [0.1, 0.15) is 0 Å². The van der Waals surface area contributed by atoms with Crippen LogP contribution in [0.4, 0.5) is 4.79 Å². The zero-order valence-electron chi connectivity index (χ0n) is 11.5. The maximum atomic E-state index is 12.3. The number of urea groups is 1. The van der Waals surface area contributed by atoms with E-state index in [1.165, 1.54) is 12.8 Å². The second-order valence-corrected chi connectivity index (χ2v) is 4.69. The molecule has 1 aliphatic rings. The standard InChI is InChI=1S/C13H27N3O/c1-4-10-16(11-12-8-7-9-14-12)13(17)15(5-2)6-3/h12,14H,4-11H2,1-3H3. The third kappa shape index (κ3) is 4.19. The zero-order valence-corrected chi connectivity index (χ0v) is 11.5. The van der Waals surface area contributed by atoms with Gasteiger partial charge < -0.3 is 15.1 Å². The van der Waals surface area contributed by atoms with Gasteiger partial charge in [0.2, 0.25) is 0 Å². The molecular formula is C13H27N3O. The first kappa shape index (κ1) is 14.3. The van der Waals surface area contributed by atoms with E-state index in [1.54, 1.807) is 0 Å². The van der Waals surface area contributed by atoms with Crippen molar-refractivity contribution in [2.45, 2.75) is 46.1 Å². The van der Waals surface area contributed by atoms with Gasteiger partial charge >= 0.3 is 6.03 Å². The fourth-order valence-corrected chi connectivity index (χ4v) is 2.41. The molecule has 0 aliphatic carbocycles. The molecule has 0 radical (unpaired) electrons. The van der Waals surface area contributed by atoms with Crippen LogP contribution in [0.2, 0.25) is 0 Å². The van der Waals surface area contributed by atoms with Crippen LogP contribution in [-0.2, 0) is 0 Å². The molecule has 2 amide bonds. The van der Waals surface area contributed by atoms with E-state index in [0.717, 1.165) is 39.1 Å². The fraction of sp³-hybridized carbons (Fsp3) is 0.923. The molecule has 0 saturated carbocycles. The minimum Gasteiger partial charge on any atom is -0.325 e. The lowest BCUT2D eigenvalue weighted by atomic mass is 10.2. The van der Waals surface area contributed by atoms with Crippen molar-refractivity contribution in [3.8, 4) is 0 Å². The SMILES string of the molecule is CCCN(CC1CCCN1)C(=O)N(CC)CC. The largest absolute Gasteiger partial charge is 0.325 e. The fourth-order valence-electron chi connectivity index (χ4n) is 2.41. The second-order valence-electron chi connectivity index (χ2n) is 4.69. The highest BCUT2D eigenvalue weighted by atomic mass is 16.2. The molecule has 1 heterocycles. The van der Waals surface area contributed by atoms with Gasteiger partial charge in [0.25, 0.3) is 0 Å². The van der Waals surface area contributed by atoms with Crippen LogP contribution in [0.15, 0.2) is 0 Å². The van der Waals surface area contributed by atoms with Crippen molar-refractivity contribution in [1.29, 1.82) is 0 Å². The molecule has 1 rings (SSSR count). The Morgan fingerprint density at radius 3 is 2.41 bits per heavy atom. The maximum Gasteiger partial charge on any atom is 0.320 e. The van der Waals surface area contributed by atoms with Gasteiger partial charge in [-0.2, -0.15) is 0 Å². The average Bonchev–Trinajstić information content (AvgIpc) is 2.83. The van der Waals surface area contributed by atoms with Gasteiger partial charge in [0.05, 0.1) is 0 Å². The van der Waals surface area contributed by atoms with Crippen LogP contribution in [0, 0.1) is 0 Å². The number of nitrogens with one attached hydrogen (secondary N) is 1. The third-order valence-corrected chi connectivity index (χ3v) is 3.40. The van der Waals surface area contributed by atoms with E-state index in [2.05, 4.69) is 12.2 Å². The van der Waals surface area contributed by atoms with Crippen LogP contribution >= 0.6 is 0 Å². The molecule has 0 aromatic rings. The van der Waals surface area contributed by atoms with Gasteiger partial charge in [-0.25, -0.2) is 4.79 Å². The highest BCUT2D eigenvalue weighted by molar-refractivity contribution is 5.74. The Kier molecular flexibility index (Phi) is 6.34. The number of hydrogen-bond acceptors (Lipinski definition) is 2. The first-order valence-corrected chi connectivity index (χ1v) is 7.00. The molecule has 0 bridgehead atoms. The predicted octanol–water partition coefficient (Wildman–Crippen LogP) is 1.91. The number of rotatable bonds is 6. The molecule has 0 aromatic carbocycles. The first-order chi connectivity index (χ1) is 8.22.